The standard InChI is InChI=1S/C24H30N2O3/c1-29-21-11-9-19(10-12-21)17-23(27)26-16-13-24(28,20-7-3-2-4-8-20)22(18-26)25-14-5-6-15-25/h2-4,7-12,22,28H,5-6,13-18H2,1H3/t22-,24+/m1/s1. The van der Waals surface area contributed by atoms with Gasteiger partial charge in [0.1, 0.15) is 11.4 Å². The van der Waals surface area contributed by atoms with Crippen molar-refractivity contribution in [2.75, 3.05) is 33.3 Å². The SMILES string of the molecule is COc1ccc(CC(=O)N2CC[C@](O)(c3ccccc3)[C@H](N3CCCC3)C2)cc1. The van der Waals surface area contributed by atoms with Crippen LogP contribution >= 0.6 is 0 Å². The van der Waals surface area contributed by atoms with Crippen LogP contribution in [0.15, 0.2) is 54.6 Å². The van der Waals surface area contributed by atoms with Crippen molar-refractivity contribution in [3.05, 3.63) is 65.7 Å². The highest BCUT2D eigenvalue weighted by Gasteiger charge is 2.47. The first-order chi connectivity index (χ1) is 14.1. The van der Waals surface area contributed by atoms with Crippen molar-refractivity contribution < 1.29 is 14.6 Å². The predicted molar refractivity (Wildman–Crippen MR) is 113 cm³/mol. The summed E-state index contributed by atoms with van der Waals surface area (Å²) in [6.07, 6.45) is 3.25. The van der Waals surface area contributed by atoms with Gasteiger partial charge in [-0.25, -0.2) is 0 Å². The number of hydrogen-bond acceptors (Lipinski definition) is 4. The number of nitrogens with zero attached hydrogens (tertiary/aromatic N) is 2. The minimum absolute atomic E-state index is 0.0685. The van der Waals surface area contributed by atoms with Crippen LogP contribution in [0, 0.1) is 0 Å². The van der Waals surface area contributed by atoms with E-state index in [0.29, 0.717) is 25.9 Å². The molecule has 2 fully saturated rings. The number of rotatable bonds is 5. The van der Waals surface area contributed by atoms with E-state index in [0.717, 1.165) is 42.8 Å². The number of amides is 1. The maximum Gasteiger partial charge on any atom is 0.227 e. The van der Waals surface area contributed by atoms with Crippen molar-refractivity contribution in [2.45, 2.75) is 37.3 Å². The summed E-state index contributed by atoms with van der Waals surface area (Å²) in [7, 11) is 1.64. The van der Waals surface area contributed by atoms with E-state index in [9.17, 15) is 9.90 Å². The largest absolute Gasteiger partial charge is 0.497 e. The maximum atomic E-state index is 13.0. The van der Waals surface area contributed by atoms with Crippen LogP contribution in [0.5, 0.6) is 5.75 Å². The lowest BCUT2D eigenvalue weighted by molar-refractivity contribution is -0.142. The fourth-order valence-corrected chi connectivity index (χ4v) is 4.71. The summed E-state index contributed by atoms with van der Waals surface area (Å²) in [5.74, 6) is 0.913. The number of aliphatic hydroxyl groups is 1. The monoisotopic (exact) mass is 394 g/mol. The first-order valence-corrected chi connectivity index (χ1v) is 10.5. The van der Waals surface area contributed by atoms with E-state index in [4.69, 9.17) is 4.74 Å². The van der Waals surface area contributed by atoms with Gasteiger partial charge in [0.25, 0.3) is 0 Å². The third-order valence-corrected chi connectivity index (χ3v) is 6.43. The minimum atomic E-state index is -0.914. The number of carbonyl (C=O) groups excluding carboxylic acids is 1. The van der Waals surface area contributed by atoms with Gasteiger partial charge in [-0.3, -0.25) is 9.69 Å². The summed E-state index contributed by atoms with van der Waals surface area (Å²) < 4.78 is 5.20. The van der Waals surface area contributed by atoms with E-state index < -0.39 is 5.60 Å². The molecule has 0 spiro atoms. The fourth-order valence-electron chi connectivity index (χ4n) is 4.71. The molecule has 0 aromatic heterocycles. The van der Waals surface area contributed by atoms with Gasteiger partial charge < -0.3 is 14.7 Å². The predicted octanol–water partition coefficient (Wildman–Crippen LogP) is 2.82. The molecule has 0 unspecified atom stereocenters. The van der Waals surface area contributed by atoms with Gasteiger partial charge in [-0.05, 0) is 55.6 Å². The average molecular weight is 395 g/mol. The fraction of sp³-hybridized carbons (Fsp3) is 0.458. The van der Waals surface area contributed by atoms with Crippen molar-refractivity contribution >= 4 is 5.91 Å². The Bertz CT molecular complexity index is 818. The van der Waals surface area contributed by atoms with Crippen LogP contribution in [-0.2, 0) is 16.8 Å². The van der Waals surface area contributed by atoms with E-state index in [-0.39, 0.29) is 11.9 Å². The zero-order chi connectivity index (χ0) is 20.3. The molecular formula is C24H30N2O3. The van der Waals surface area contributed by atoms with E-state index in [1.807, 2.05) is 59.5 Å². The molecule has 1 N–H and O–H groups in total. The van der Waals surface area contributed by atoms with Crippen LogP contribution in [0.4, 0.5) is 0 Å². The Labute approximate surface area is 172 Å². The molecule has 4 rings (SSSR count). The number of benzene rings is 2. The van der Waals surface area contributed by atoms with Crippen molar-refractivity contribution in [1.82, 2.24) is 9.80 Å². The number of carbonyl (C=O) groups is 1. The molecule has 5 heteroatoms. The first-order valence-electron chi connectivity index (χ1n) is 10.5. The second-order valence-electron chi connectivity index (χ2n) is 8.16. The van der Waals surface area contributed by atoms with Crippen molar-refractivity contribution in [2.24, 2.45) is 0 Å². The number of hydrogen-bond donors (Lipinski definition) is 1. The van der Waals surface area contributed by atoms with Crippen LogP contribution < -0.4 is 4.74 Å². The Kier molecular flexibility index (Phi) is 5.88. The van der Waals surface area contributed by atoms with Gasteiger partial charge in [-0.15, -0.1) is 0 Å². The minimum Gasteiger partial charge on any atom is -0.497 e. The Balaban J connectivity index is 1.51. The van der Waals surface area contributed by atoms with Gasteiger partial charge in [0.2, 0.25) is 5.91 Å². The average Bonchev–Trinajstić information content (AvgIpc) is 3.30. The molecule has 0 saturated carbocycles. The molecule has 0 aliphatic carbocycles. The second-order valence-corrected chi connectivity index (χ2v) is 8.16. The molecule has 2 aromatic rings. The summed E-state index contributed by atoms with van der Waals surface area (Å²) in [6.45, 7) is 3.12. The van der Waals surface area contributed by atoms with Gasteiger partial charge in [-0.1, -0.05) is 42.5 Å². The summed E-state index contributed by atoms with van der Waals surface area (Å²) in [6, 6.07) is 17.6. The Hall–Kier alpha value is -2.37. The van der Waals surface area contributed by atoms with Crippen molar-refractivity contribution in [1.29, 1.82) is 0 Å². The van der Waals surface area contributed by atoms with Crippen molar-refractivity contribution in [3.63, 3.8) is 0 Å². The van der Waals surface area contributed by atoms with E-state index >= 15 is 0 Å². The maximum absolute atomic E-state index is 13.0. The Morgan fingerprint density at radius 1 is 1.07 bits per heavy atom. The molecule has 2 atom stereocenters. The number of likely N-dealkylation sites (tertiary alicyclic amines) is 2. The van der Waals surface area contributed by atoms with E-state index in [2.05, 4.69) is 4.90 Å². The number of ether oxygens (including phenoxy) is 1. The molecule has 0 bridgehead atoms. The molecule has 2 saturated heterocycles. The lowest BCUT2D eigenvalue weighted by Gasteiger charge is -2.48. The third-order valence-electron chi connectivity index (χ3n) is 6.43. The van der Waals surface area contributed by atoms with Gasteiger partial charge >= 0.3 is 0 Å². The quantitative estimate of drug-likeness (QED) is 0.847. The molecule has 2 aliphatic rings. The third kappa shape index (κ3) is 4.16. The molecule has 2 heterocycles. The summed E-state index contributed by atoms with van der Waals surface area (Å²) in [5.41, 5.74) is 1.03. The second kappa shape index (κ2) is 8.56. The molecule has 0 radical (unpaired) electrons. The Morgan fingerprint density at radius 2 is 1.76 bits per heavy atom. The van der Waals surface area contributed by atoms with Crippen molar-refractivity contribution in [3.8, 4) is 5.75 Å². The summed E-state index contributed by atoms with van der Waals surface area (Å²) >= 11 is 0. The van der Waals surface area contributed by atoms with Crippen LogP contribution in [0.25, 0.3) is 0 Å². The number of methoxy groups -OCH3 is 1. The zero-order valence-corrected chi connectivity index (χ0v) is 17.1. The van der Waals surface area contributed by atoms with Crippen LogP contribution in [-0.4, -0.2) is 60.1 Å². The molecule has 29 heavy (non-hydrogen) atoms. The molecule has 1 amide bonds. The number of piperidine rings is 1. The topological polar surface area (TPSA) is 53.0 Å². The van der Waals surface area contributed by atoms with Gasteiger partial charge in [-0.2, -0.15) is 0 Å². The lowest BCUT2D eigenvalue weighted by Crippen LogP contribution is -2.61. The van der Waals surface area contributed by atoms with Crippen LogP contribution in [0.3, 0.4) is 0 Å². The highest BCUT2D eigenvalue weighted by Crippen LogP contribution is 2.37. The highest BCUT2D eigenvalue weighted by atomic mass is 16.5. The zero-order valence-electron chi connectivity index (χ0n) is 17.1. The van der Waals surface area contributed by atoms with Gasteiger partial charge in [0.15, 0.2) is 0 Å². The molecule has 2 aromatic carbocycles. The van der Waals surface area contributed by atoms with E-state index in [1.54, 1.807) is 7.11 Å². The summed E-state index contributed by atoms with van der Waals surface area (Å²) in [4.78, 5) is 17.3. The highest BCUT2D eigenvalue weighted by molar-refractivity contribution is 5.79. The first kappa shape index (κ1) is 19.9. The Morgan fingerprint density at radius 3 is 2.41 bits per heavy atom. The summed E-state index contributed by atoms with van der Waals surface area (Å²) in [5, 5.41) is 11.7. The van der Waals surface area contributed by atoms with E-state index in [1.165, 1.54) is 0 Å². The van der Waals surface area contributed by atoms with Gasteiger partial charge in [0, 0.05) is 13.1 Å². The van der Waals surface area contributed by atoms with Crippen LogP contribution in [0.2, 0.25) is 0 Å². The van der Waals surface area contributed by atoms with Crippen LogP contribution in [0.1, 0.15) is 30.4 Å². The molecule has 5 nitrogen and oxygen atoms in total. The molecule has 154 valence electrons. The normalized spacial score (nSPS) is 25.2. The lowest BCUT2D eigenvalue weighted by atomic mass is 9.79. The molecule has 2 aliphatic heterocycles. The van der Waals surface area contributed by atoms with Gasteiger partial charge in [0.05, 0.1) is 19.6 Å². The molecular weight excluding hydrogens is 364 g/mol. The smallest absolute Gasteiger partial charge is 0.227 e.